The number of amides is 2. The van der Waals surface area contributed by atoms with Gasteiger partial charge >= 0.3 is 0 Å². The van der Waals surface area contributed by atoms with Gasteiger partial charge in [-0.05, 0) is 68.3 Å². The molecule has 0 fully saturated rings. The third-order valence-corrected chi connectivity index (χ3v) is 8.96. The molecule has 44 heavy (non-hydrogen) atoms. The van der Waals surface area contributed by atoms with Crippen LogP contribution in [0, 0.1) is 12.7 Å². The Balaban J connectivity index is 1.82. The first-order valence-corrected chi connectivity index (χ1v) is 16.0. The standard InChI is InChI=1S/C34H35ClFN3O4S/c1-24(2)37-34(41)32(21-26-10-5-4-6-11-26)38(22-27-12-9-13-28(35)20-27)33(40)23-39(31-15-8-7-14-30(31)36)44(42,43)29-18-16-25(3)17-19-29/h4-20,24,32H,21-23H2,1-3H3,(H,37,41)/t32-/m1/s1. The molecule has 0 heterocycles. The number of nitrogens with one attached hydrogen (secondary N) is 1. The fourth-order valence-electron chi connectivity index (χ4n) is 4.77. The van der Waals surface area contributed by atoms with E-state index in [0.717, 1.165) is 21.5 Å². The van der Waals surface area contributed by atoms with Crippen molar-refractivity contribution in [2.45, 2.75) is 50.7 Å². The summed E-state index contributed by atoms with van der Waals surface area (Å²) < 4.78 is 43.9. The van der Waals surface area contributed by atoms with Gasteiger partial charge in [-0.2, -0.15) is 0 Å². The highest BCUT2D eigenvalue weighted by molar-refractivity contribution is 7.92. The summed E-state index contributed by atoms with van der Waals surface area (Å²) in [6.07, 6.45) is 0.163. The van der Waals surface area contributed by atoms with E-state index in [-0.39, 0.29) is 29.6 Å². The minimum Gasteiger partial charge on any atom is -0.352 e. The molecule has 0 bridgehead atoms. The van der Waals surface area contributed by atoms with E-state index in [1.807, 2.05) is 51.1 Å². The quantitative estimate of drug-likeness (QED) is 0.202. The number of halogens is 2. The van der Waals surface area contributed by atoms with Crippen LogP contribution in [-0.2, 0) is 32.6 Å². The van der Waals surface area contributed by atoms with Crippen LogP contribution < -0.4 is 9.62 Å². The van der Waals surface area contributed by atoms with Crippen molar-refractivity contribution < 1.29 is 22.4 Å². The summed E-state index contributed by atoms with van der Waals surface area (Å²) in [5, 5.41) is 3.34. The molecule has 0 aliphatic carbocycles. The molecule has 2 amide bonds. The van der Waals surface area contributed by atoms with E-state index in [0.29, 0.717) is 10.6 Å². The Bertz CT molecular complexity index is 1700. The summed E-state index contributed by atoms with van der Waals surface area (Å²) in [5.41, 5.74) is 2.00. The fraction of sp³-hybridized carbons (Fsp3) is 0.235. The molecule has 4 aromatic carbocycles. The van der Waals surface area contributed by atoms with Gasteiger partial charge in [-0.25, -0.2) is 12.8 Å². The van der Waals surface area contributed by atoms with Gasteiger partial charge in [-0.1, -0.05) is 83.9 Å². The van der Waals surface area contributed by atoms with E-state index in [1.54, 1.807) is 36.4 Å². The average molecular weight is 636 g/mol. The van der Waals surface area contributed by atoms with Crippen molar-refractivity contribution in [2.24, 2.45) is 0 Å². The molecule has 0 aromatic heterocycles. The molecule has 7 nitrogen and oxygen atoms in total. The topological polar surface area (TPSA) is 86.8 Å². The minimum absolute atomic E-state index is 0.0436. The Morgan fingerprint density at radius 2 is 1.50 bits per heavy atom. The first-order valence-electron chi connectivity index (χ1n) is 14.2. The van der Waals surface area contributed by atoms with Crippen molar-refractivity contribution in [3.05, 3.63) is 131 Å². The lowest BCUT2D eigenvalue weighted by molar-refractivity contribution is -0.140. The molecule has 1 N–H and O–H groups in total. The lowest BCUT2D eigenvalue weighted by atomic mass is 10.0. The van der Waals surface area contributed by atoms with Gasteiger partial charge in [0.2, 0.25) is 11.8 Å². The lowest BCUT2D eigenvalue weighted by Gasteiger charge is -2.34. The Morgan fingerprint density at radius 1 is 0.864 bits per heavy atom. The van der Waals surface area contributed by atoms with Crippen molar-refractivity contribution >= 4 is 39.1 Å². The normalized spacial score (nSPS) is 12.0. The minimum atomic E-state index is -4.40. The monoisotopic (exact) mass is 635 g/mol. The van der Waals surface area contributed by atoms with E-state index >= 15 is 4.39 Å². The highest BCUT2D eigenvalue weighted by atomic mass is 35.5. The van der Waals surface area contributed by atoms with Gasteiger partial charge in [0, 0.05) is 24.0 Å². The third kappa shape index (κ3) is 8.24. The number of sulfonamides is 1. The van der Waals surface area contributed by atoms with Gasteiger partial charge in [0.15, 0.2) is 0 Å². The van der Waals surface area contributed by atoms with Gasteiger partial charge < -0.3 is 10.2 Å². The third-order valence-electron chi connectivity index (χ3n) is 6.95. The summed E-state index contributed by atoms with van der Waals surface area (Å²) >= 11 is 6.26. The number of para-hydroxylation sites is 1. The Hall–Kier alpha value is -4.21. The van der Waals surface area contributed by atoms with Crippen molar-refractivity contribution in [3.63, 3.8) is 0 Å². The molecule has 10 heteroatoms. The van der Waals surface area contributed by atoms with E-state index in [2.05, 4.69) is 5.32 Å². The molecule has 0 unspecified atom stereocenters. The summed E-state index contributed by atoms with van der Waals surface area (Å²) in [4.78, 5) is 29.3. The number of rotatable bonds is 12. The fourth-order valence-corrected chi connectivity index (χ4v) is 6.41. The van der Waals surface area contributed by atoms with Gasteiger partial charge in [0.1, 0.15) is 18.4 Å². The second-order valence-corrected chi connectivity index (χ2v) is 13.1. The zero-order valence-corrected chi connectivity index (χ0v) is 26.4. The first kappa shape index (κ1) is 32.7. The predicted molar refractivity (Wildman–Crippen MR) is 171 cm³/mol. The van der Waals surface area contributed by atoms with Crippen LogP contribution in [0.1, 0.15) is 30.5 Å². The molecule has 4 rings (SSSR count). The van der Waals surface area contributed by atoms with Crippen LogP contribution in [0.2, 0.25) is 5.02 Å². The number of benzene rings is 4. The SMILES string of the molecule is Cc1ccc(S(=O)(=O)N(CC(=O)N(Cc2cccc(Cl)c2)[C@H](Cc2ccccc2)C(=O)NC(C)C)c2ccccc2F)cc1. The highest BCUT2D eigenvalue weighted by Gasteiger charge is 2.35. The molecular weight excluding hydrogens is 601 g/mol. The molecule has 4 aromatic rings. The second kappa shape index (κ2) is 14.5. The number of carbonyl (C=O) groups is 2. The molecule has 0 aliphatic heterocycles. The van der Waals surface area contributed by atoms with Crippen molar-refractivity contribution in [1.82, 2.24) is 10.2 Å². The van der Waals surface area contributed by atoms with Crippen molar-refractivity contribution in [2.75, 3.05) is 10.8 Å². The van der Waals surface area contributed by atoms with Crippen LogP contribution in [0.3, 0.4) is 0 Å². The average Bonchev–Trinajstić information content (AvgIpc) is 2.98. The molecular formula is C34H35ClFN3O4S. The van der Waals surface area contributed by atoms with Crippen molar-refractivity contribution in [1.29, 1.82) is 0 Å². The zero-order valence-electron chi connectivity index (χ0n) is 24.8. The number of anilines is 1. The van der Waals surface area contributed by atoms with Crippen LogP contribution >= 0.6 is 11.6 Å². The molecule has 0 spiro atoms. The van der Waals surface area contributed by atoms with Gasteiger partial charge in [0.25, 0.3) is 10.0 Å². The van der Waals surface area contributed by atoms with Crippen LogP contribution in [0.5, 0.6) is 0 Å². The zero-order chi connectivity index (χ0) is 31.9. The maximum absolute atomic E-state index is 15.2. The summed E-state index contributed by atoms with van der Waals surface area (Å²) in [7, 11) is -4.40. The van der Waals surface area contributed by atoms with Crippen LogP contribution in [-0.4, -0.2) is 43.8 Å². The lowest BCUT2D eigenvalue weighted by Crippen LogP contribution is -2.54. The van der Waals surface area contributed by atoms with Gasteiger partial charge in [-0.3, -0.25) is 13.9 Å². The summed E-state index contributed by atoms with van der Waals surface area (Å²) in [5.74, 6) is -1.91. The number of hydrogen-bond acceptors (Lipinski definition) is 4. The second-order valence-electron chi connectivity index (χ2n) is 10.8. The predicted octanol–water partition coefficient (Wildman–Crippen LogP) is 6.15. The van der Waals surface area contributed by atoms with Gasteiger partial charge in [0.05, 0.1) is 10.6 Å². The number of aryl methyl sites for hydroxylation is 1. The van der Waals surface area contributed by atoms with E-state index in [4.69, 9.17) is 11.6 Å². The highest BCUT2D eigenvalue weighted by Crippen LogP contribution is 2.27. The molecule has 0 aliphatic rings. The van der Waals surface area contributed by atoms with E-state index < -0.39 is 40.2 Å². The Morgan fingerprint density at radius 3 is 2.14 bits per heavy atom. The molecule has 0 saturated heterocycles. The van der Waals surface area contributed by atoms with Crippen LogP contribution in [0.25, 0.3) is 0 Å². The Kier molecular flexibility index (Phi) is 10.8. The summed E-state index contributed by atoms with van der Waals surface area (Å²) in [6.45, 7) is 4.65. The first-order chi connectivity index (χ1) is 21.0. The molecule has 230 valence electrons. The Labute approximate surface area is 263 Å². The molecule has 1 atom stereocenters. The number of hydrogen-bond donors (Lipinski definition) is 1. The van der Waals surface area contributed by atoms with E-state index in [9.17, 15) is 18.0 Å². The van der Waals surface area contributed by atoms with Gasteiger partial charge in [-0.15, -0.1) is 0 Å². The van der Waals surface area contributed by atoms with Crippen molar-refractivity contribution in [3.8, 4) is 0 Å². The van der Waals surface area contributed by atoms with E-state index in [1.165, 1.54) is 35.2 Å². The summed E-state index contributed by atoms with van der Waals surface area (Å²) in [6, 6.07) is 26.3. The number of nitrogens with zero attached hydrogens (tertiary/aromatic N) is 2. The van der Waals surface area contributed by atoms with Crippen LogP contribution in [0.4, 0.5) is 10.1 Å². The van der Waals surface area contributed by atoms with Crippen LogP contribution in [0.15, 0.2) is 108 Å². The maximum atomic E-state index is 15.2. The molecule has 0 radical (unpaired) electrons. The smallest absolute Gasteiger partial charge is 0.264 e. The molecule has 0 saturated carbocycles. The number of carbonyl (C=O) groups excluding carboxylic acids is 2. The largest absolute Gasteiger partial charge is 0.352 e. The maximum Gasteiger partial charge on any atom is 0.264 e.